The van der Waals surface area contributed by atoms with Crippen molar-refractivity contribution in [1.29, 1.82) is 0 Å². The number of rotatable bonds is 5. The second kappa shape index (κ2) is 7.28. The molecule has 1 heterocycles. The van der Waals surface area contributed by atoms with E-state index >= 15 is 0 Å². The van der Waals surface area contributed by atoms with Crippen molar-refractivity contribution < 1.29 is 4.74 Å². The monoisotopic (exact) mass is 288 g/mol. The molecule has 21 heavy (non-hydrogen) atoms. The number of likely N-dealkylation sites (tertiary alicyclic amines) is 1. The highest BCUT2D eigenvalue weighted by molar-refractivity contribution is 5.39. The van der Waals surface area contributed by atoms with Crippen LogP contribution in [0.4, 0.5) is 0 Å². The van der Waals surface area contributed by atoms with Crippen LogP contribution in [-0.2, 0) is 6.42 Å². The van der Waals surface area contributed by atoms with Crippen molar-refractivity contribution in [3.8, 4) is 5.75 Å². The molecule has 1 N–H and O–H groups in total. The van der Waals surface area contributed by atoms with Gasteiger partial charge in [-0.05, 0) is 68.5 Å². The third kappa shape index (κ3) is 3.78. The highest BCUT2D eigenvalue weighted by Crippen LogP contribution is 2.32. The van der Waals surface area contributed by atoms with E-state index in [4.69, 9.17) is 4.74 Å². The number of nitrogens with zero attached hydrogens (tertiary/aromatic N) is 1. The number of benzene rings is 1. The molecule has 1 atom stereocenters. The van der Waals surface area contributed by atoms with E-state index in [1.54, 1.807) is 7.11 Å². The van der Waals surface area contributed by atoms with Crippen LogP contribution in [0.15, 0.2) is 18.2 Å². The lowest BCUT2D eigenvalue weighted by molar-refractivity contribution is 0.225. The van der Waals surface area contributed by atoms with E-state index < -0.39 is 0 Å². The first-order chi connectivity index (χ1) is 10.4. The van der Waals surface area contributed by atoms with Gasteiger partial charge in [-0.2, -0.15) is 0 Å². The minimum atomic E-state index is 0.508. The van der Waals surface area contributed by atoms with Crippen LogP contribution < -0.4 is 10.1 Å². The first-order valence-electron chi connectivity index (χ1n) is 8.49. The second-order valence-corrected chi connectivity index (χ2v) is 6.37. The highest BCUT2D eigenvalue weighted by Gasteiger charge is 2.20. The fourth-order valence-electron chi connectivity index (χ4n) is 3.70. The predicted octanol–water partition coefficient (Wildman–Crippen LogP) is 3.15. The Morgan fingerprint density at radius 3 is 2.86 bits per heavy atom. The molecule has 0 saturated carbocycles. The summed E-state index contributed by atoms with van der Waals surface area (Å²) in [7, 11) is 1.75. The second-order valence-electron chi connectivity index (χ2n) is 6.37. The van der Waals surface area contributed by atoms with Gasteiger partial charge < -0.3 is 15.0 Å². The van der Waals surface area contributed by atoms with Gasteiger partial charge in [0.05, 0.1) is 7.11 Å². The molecule has 0 amide bonds. The maximum absolute atomic E-state index is 5.39. The van der Waals surface area contributed by atoms with Gasteiger partial charge in [0.2, 0.25) is 0 Å². The van der Waals surface area contributed by atoms with Crippen molar-refractivity contribution in [3.05, 3.63) is 29.3 Å². The Hall–Kier alpha value is -1.06. The van der Waals surface area contributed by atoms with Gasteiger partial charge in [-0.3, -0.25) is 0 Å². The zero-order chi connectivity index (χ0) is 14.5. The molecule has 0 bridgehead atoms. The van der Waals surface area contributed by atoms with E-state index in [1.165, 1.54) is 69.3 Å². The van der Waals surface area contributed by atoms with Crippen LogP contribution in [0.5, 0.6) is 5.75 Å². The van der Waals surface area contributed by atoms with Crippen molar-refractivity contribution in [1.82, 2.24) is 10.2 Å². The van der Waals surface area contributed by atoms with E-state index in [9.17, 15) is 0 Å². The van der Waals surface area contributed by atoms with Gasteiger partial charge in [0.15, 0.2) is 0 Å². The molecular weight excluding hydrogens is 260 g/mol. The van der Waals surface area contributed by atoms with Crippen LogP contribution in [0.2, 0.25) is 0 Å². The third-order valence-electron chi connectivity index (χ3n) is 4.93. The summed E-state index contributed by atoms with van der Waals surface area (Å²) in [4.78, 5) is 2.60. The topological polar surface area (TPSA) is 24.5 Å². The first kappa shape index (κ1) is 14.9. The molecule has 1 fully saturated rings. The molecule has 3 rings (SSSR count). The molecule has 2 aliphatic rings. The number of nitrogens with one attached hydrogen (secondary N) is 1. The maximum atomic E-state index is 5.39. The standard InChI is InChI=1S/C18H28N2O/c1-21-16-9-8-15-6-5-7-18(17(15)14-16)19-10-13-20-11-3-2-4-12-20/h8-9,14,18-19H,2-7,10-13H2,1H3. The molecule has 3 heteroatoms. The number of aryl methyl sites for hydroxylation is 1. The van der Waals surface area contributed by atoms with Crippen molar-refractivity contribution >= 4 is 0 Å². The summed E-state index contributed by atoms with van der Waals surface area (Å²) < 4.78 is 5.39. The molecule has 3 nitrogen and oxygen atoms in total. The van der Waals surface area contributed by atoms with E-state index in [1.807, 2.05) is 0 Å². The number of fused-ring (bicyclic) bond motifs is 1. The van der Waals surface area contributed by atoms with Crippen LogP contribution in [-0.4, -0.2) is 38.2 Å². The average molecular weight is 288 g/mol. The fraction of sp³-hybridized carbons (Fsp3) is 0.667. The van der Waals surface area contributed by atoms with Crippen molar-refractivity contribution in [2.45, 2.75) is 44.6 Å². The Kier molecular flexibility index (Phi) is 5.15. The van der Waals surface area contributed by atoms with E-state index in [0.717, 1.165) is 12.3 Å². The van der Waals surface area contributed by atoms with Gasteiger partial charge in [-0.1, -0.05) is 12.5 Å². The van der Waals surface area contributed by atoms with Crippen LogP contribution >= 0.6 is 0 Å². The van der Waals surface area contributed by atoms with E-state index in [0.29, 0.717) is 6.04 Å². The minimum absolute atomic E-state index is 0.508. The number of piperidine rings is 1. The zero-order valence-electron chi connectivity index (χ0n) is 13.2. The number of hydrogen-bond acceptors (Lipinski definition) is 3. The summed E-state index contributed by atoms with van der Waals surface area (Å²) in [5.74, 6) is 0.985. The van der Waals surface area contributed by atoms with Gasteiger partial charge >= 0.3 is 0 Å². The first-order valence-corrected chi connectivity index (χ1v) is 8.49. The number of hydrogen-bond donors (Lipinski definition) is 1. The van der Waals surface area contributed by atoms with Gasteiger partial charge in [-0.25, -0.2) is 0 Å². The quantitative estimate of drug-likeness (QED) is 0.901. The Bertz CT molecular complexity index is 455. The van der Waals surface area contributed by atoms with Crippen LogP contribution in [0.25, 0.3) is 0 Å². The Balaban J connectivity index is 1.56. The molecule has 1 aliphatic heterocycles. The van der Waals surface area contributed by atoms with Crippen LogP contribution in [0.3, 0.4) is 0 Å². The normalized spacial score (nSPS) is 22.8. The zero-order valence-corrected chi connectivity index (χ0v) is 13.2. The lowest BCUT2D eigenvalue weighted by atomic mass is 9.87. The maximum Gasteiger partial charge on any atom is 0.119 e. The Morgan fingerprint density at radius 1 is 1.19 bits per heavy atom. The summed E-state index contributed by atoms with van der Waals surface area (Å²) in [6, 6.07) is 7.07. The number of ether oxygens (including phenoxy) is 1. The molecule has 1 aromatic rings. The Morgan fingerprint density at radius 2 is 2.05 bits per heavy atom. The van der Waals surface area contributed by atoms with E-state index in [-0.39, 0.29) is 0 Å². The minimum Gasteiger partial charge on any atom is -0.497 e. The molecule has 1 unspecified atom stereocenters. The number of methoxy groups -OCH3 is 1. The molecule has 1 aromatic carbocycles. The summed E-state index contributed by atoms with van der Waals surface area (Å²) in [5, 5.41) is 3.78. The molecule has 1 saturated heterocycles. The smallest absolute Gasteiger partial charge is 0.119 e. The molecule has 0 spiro atoms. The average Bonchev–Trinajstić information content (AvgIpc) is 2.55. The lowest BCUT2D eigenvalue weighted by Gasteiger charge is -2.30. The third-order valence-corrected chi connectivity index (χ3v) is 4.93. The molecular formula is C18H28N2O. The summed E-state index contributed by atoms with van der Waals surface area (Å²) in [6.07, 6.45) is 7.93. The molecule has 0 radical (unpaired) electrons. The summed E-state index contributed by atoms with van der Waals surface area (Å²) in [5.41, 5.74) is 2.96. The van der Waals surface area contributed by atoms with Gasteiger partial charge in [0.1, 0.15) is 5.75 Å². The molecule has 116 valence electrons. The van der Waals surface area contributed by atoms with Crippen molar-refractivity contribution in [2.75, 3.05) is 33.3 Å². The van der Waals surface area contributed by atoms with Crippen molar-refractivity contribution in [2.24, 2.45) is 0 Å². The summed E-state index contributed by atoms with van der Waals surface area (Å²) >= 11 is 0. The summed E-state index contributed by atoms with van der Waals surface area (Å²) in [6.45, 7) is 4.87. The molecule has 0 aromatic heterocycles. The molecule has 1 aliphatic carbocycles. The van der Waals surface area contributed by atoms with Gasteiger partial charge in [0, 0.05) is 19.1 Å². The lowest BCUT2D eigenvalue weighted by Crippen LogP contribution is -2.37. The van der Waals surface area contributed by atoms with E-state index in [2.05, 4.69) is 28.4 Å². The van der Waals surface area contributed by atoms with Gasteiger partial charge in [-0.15, -0.1) is 0 Å². The van der Waals surface area contributed by atoms with Crippen LogP contribution in [0, 0.1) is 0 Å². The van der Waals surface area contributed by atoms with Crippen molar-refractivity contribution in [3.63, 3.8) is 0 Å². The Labute approximate surface area is 128 Å². The van der Waals surface area contributed by atoms with Gasteiger partial charge in [0.25, 0.3) is 0 Å². The predicted molar refractivity (Wildman–Crippen MR) is 87.0 cm³/mol. The SMILES string of the molecule is COc1ccc2c(c1)C(NCCN1CCCCC1)CCC2. The van der Waals surface area contributed by atoms with Crippen LogP contribution in [0.1, 0.15) is 49.3 Å². The fourth-order valence-corrected chi connectivity index (χ4v) is 3.70. The highest BCUT2D eigenvalue weighted by atomic mass is 16.5. The largest absolute Gasteiger partial charge is 0.497 e.